The zero-order valence-electron chi connectivity index (χ0n) is 21.9. The van der Waals surface area contributed by atoms with E-state index < -0.39 is 34.3 Å². The van der Waals surface area contributed by atoms with Crippen LogP contribution in [-0.4, -0.2) is 51.4 Å². The number of anilines is 1. The number of carbonyl (C=O) groups is 2. The molecule has 0 bridgehead atoms. The maximum Gasteiger partial charge on any atom is 0.264 e. The highest BCUT2D eigenvalue weighted by atomic mass is 35.5. The van der Waals surface area contributed by atoms with E-state index in [1.54, 1.807) is 31.2 Å². The summed E-state index contributed by atoms with van der Waals surface area (Å²) in [5, 5.41) is 3.18. The summed E-state index contributed by atoms with van der Waals surface area (Å²) < 4.78 is 47.2. The molecule has 0 aromatic heterocycles. The van der Waals surface area contributed by atoms with Gasteiger partial charge in [0.2, 0.25) is 11.8 Å². The normalized spacial score (nSPS) is 11.9. The Balaban J connectivity index is 2.02. The average Bonchev–Trinajstić information content (AvgIpc) is 2.94. The number of sulfonamides is 1. The Morgan fingerprint density at radius 3 is 2.26 bits per heavy atom. The lowest BCUT2D eigenvalue weighted by molar-refractivity contribution is -0.139. The zero-order chi connectivity index (χ0) is 28.6. The molecule has 1 N–H and O–H groups in total. The molecule has 0 heterocycles. The fourth-order valence-electron chi connectivity index (χ4n) is 3.80. The van der Waals surface area contributed by atoms with Gasteiger partial charge in [0.05, 0.1) is 17.7 Å². The lowest BCUT2D eigenvalue weighted by Crippen LogP contribution is -2.51. The molecule has 3 rings (SSSR count). The Hall–Kier alpha value is -3.63. The molecule has 0 fully saturated rings. The molecule has 0 radical (unpaired) electrons. The highest BCUT2D eigenvalue weighted by Crippen LogP contribution is 2.26. The fourth-order valence-corrected chi connectivity index (χ4v) is 5.41. The predicted octanol–water partition coefficient (Wildman–Crippen LogP) is 4.63. The van der Waals surface area contributed by atoms with Gasteiger partial charge in [0, 0.05) is 18.1 Å². The second kappa shape index (κ2) is 13.4. The van der Waals surface area contributed by atoms with Crippen LogP contribution in [0.2, 0.25) is 5.02 Å². The first-order valence-corrected chi connectivity index (χ1v) is 14.1. The lowest BCUT2D eigenvalue weighted by atomic mass is 10.1. The third kappa shape index (κ3) is 7.48. The average molecular weight is 576 g/mol. The minimum Gasteiger partial charge on any atom is -0.497 e. The minimum absolute atomic E-state index is 0.0287. The fraction of sp³-hybridized carbons (Fsp3) is 0.286. The van der Waals surface area contributed by atoms with Crippen molar-refractivity contribution < 1.29 is 27.1 Å². The SMILES string of the molecule is CCCNC(=O)[C@@H](C)N(Cc1ccccc1Cl)C(=O)CN(c1ccc(F)cc1)S(=O)(=O)c1ccc(OC)cc1. The van der Waals surface area contributed by atoms with Gasteiger partial charge in [-0.05, 0) is 73.5 Å². The van der Waals surface area contributed by atoms with Gasteiger partial charge in [-0.1, -0.05) is 36.7 Å². The highest BCUT2D eigenvalue weighted by molar-refractivity contribution is 7.92. The van der Waals surface area contributed by atoms with E-state index in [9.17, 15) is 22.4 Å². The van der Waals surface area contributed by atoms with Crippen molar-refractivity contribution in [2.24, 2.45) is 0 Å². The van der Waals surface area contributed by atoms with Crippen LogP contribution in [0, 0.1) is 5.82 Å². The van der Waals surface area contributed by atoms with Crippen LogP contribution in [0.5, 0.6) is 5.75 Å². The van der Waals surface area contributed by atoms with E-state index in [0.29, 0.717) is 29.3 Å². The van der Waals surface area contributed by atoms with Gasteiger partial charge in [-0.15, -0.1) is 0 Å². The van der Waals surface area contributed by atoms with Gasteiger partial charge in [-0.25, -0.2) is 12.8 Å². The van der Waals surface area contributed by atoms with Gasteiger partial charge in [-0.2, -0.15) is 0 Å². The van der Waals surface area contributed by atoms with E-state index in [0.717, 1.165) is 16.4 Å². The van der Waals surface area contributed by atoms with Crippen LogP contribution in [-0.2, 0) is 26.2 Å². The van der Waals surface area contributed by atoms with Gasteiger partial charge < -0.3 is 15.0 Å². The Morgan fingerprint density at radius 2 is 1.67 bits per heavy atom. The van der Waals surface area contributed by atoms with Crippen LogP contribution >= 0.6 is 11.6 Å². The molecule has 0 aliphatic rings. The Morgan fingerprint density at radius 1 is 1.03 bits per heavy atom. The van der Waals surface area contributed by atoms with Crippen molar-refractivity contribution in [1.82, 2.24) is 10.2 Å². The summed E-state index contributed by atoms with van der Waals surface area (Å²) in [6.07, 6.45) is 0.704. The number of hydrogen-bond donors (Lipinski definition) is 1. The molecule has 2 amide bonds. The van der Waals surface area contributed by atoms with E-state index in [4.69, 9.17) is 16.3 Å². The highest BCUT2D eigenvalue weighted by Gasteiger charge is 2.32. The van der Waals surface area contributed by atoms with Crippen LogP contribution in [0.15, 0.2) is 77.7 Å². The number of rotatable bonds is 12. The second-order valence-electron chi connectivity index (χ2n) is 8.74. The second-order valence-corrected chi connectivity index (χ2v) is 11.0. The number of methoxy groups -OCH3 is 1. The van der Waals surface area contributed by atoms with Crippen LogP contribution in [0.1, 0.15) is 25.8 Å². The first-order valence-electron chi connectivity index (χ1n) is 12.3. The van der Waals surface area contributed by atoms with Crippen molar-refractivity contribution in [2.45, 2.75) is 37.8 Å². The smallest absolute Gasteiger partial charge is 0.264 e. The number of halogens is 2. The van der Waals surface area contributed by atoms with Crippen molar-refractivity contribution in [3.63, 3.8) is 0 Å². The standard InChI is InChI=1S/C28H31ClFN3O5S/c1-4-17-31-28(35)20(2)32(18-21-7-5-6-8-26(21)29)27(34)19-33(23-11-9-22(30)10-12-23)39(36,37)25-15-13-24(38-3)14-16-25/h5-16,20H,4,17-19H2,1-3H3,(H,31,35)/t20-/m1/s1. The van der Waals surface area contributed by atoms with E-state index >= 15 is 0 Å². The van der Waals surface area contributed by atoms with Crippen LogP contribution in [0.25, 0.3) is 0 Å². The van der Waals surface area contributed by atoms with Crippen molar-refractivity contribution in [1.29, 1.82) is 0 Å². The number of benzene rings is 3. The van der Waals surface area contributed by atoms with Crippen molar-refractivity contribution in [3.05, 3.63) is 89.2 Å². The number of nitrogens with zero attached hydrogens (tertiary/aromatic N) is 2. The molecule has 0 aliphatic carbocycles. The molecule has 3 aromatic rings. The van der Waals surface area contributed by atoms with E-state index in [1.165, 1.54) is 48.4 Å². The molecule has 8 nitrogen and oxygen atoms in total. The predicted molar refractivity (Wildman–Crippen MR) is 149 cm³/mol. The number of ether oxygens (including phenoxy) is 1. The molecule has 0 saturated carbocycles. The Bertz CT molecular complexity index is 1390. The molecule has 1 atom stereocenters. The van der Waals surface area contributed by atoms with Gasteiger partial charge in [0.1, 0.15) is 24.2 Å². The van der Waals surface area contributed by atoms with Crippen molar-refractivity contribution in [3.8, 4) is 5.75 Å². The van der Waals surface area contributed by atoms with Crippen LogP contribution < -0.4 is 14.4 Å². The monoisotopic (exact) mass is 575 g/mol. The molecular weight excluding hydrogens is 545 g/mol. The summed E-state index contributed by atoms with van der Waals surface area (Å²) in [6, 6.07) is 16.4. The summed E-state index contributed by atoms with van der Waals surface area (Å²) >= 11 is 6.34. The molecule has 3 aromatic carbocycles. The Kier molecular flexibility index (Phi) is 10.3. The molecule has 11 heteroatoms. The van der Waals surface area contributed by atoms with E-state index in [2.05, 4.69) is 5.32 Å². The zero-order valence-corrected chi connectivity index (χ0v) is 23.5. The number of amides is 2. The number of carbonyl (C=O) groups excluding carboxylic acids is 2. The topological polar surface area (TPSA) is 96.0 Å². The van der Waals surface area contributed by atoms with Crippen LogP contribution in [0.3, 0.4) is 0 Å². The van der Waals surface area contributed by atoms with Gasteiger partial charge in [0.15, 0.2) is 0 Å². The summed E-state index contributed by atoms with van der Waals surface area (Å²) in [5.41, 5.74) is 0.676. The molecule has 0 spiro atoms. The summed E-state index contributed by atoms with van der Waals surface area (Å²) in [6.45, 7) is 3.22. The number of nitrogens with one attached hydrogen (secondary N) is 1. The first-order chi connectivity index (χ1) is 18.6. The third-order valence-corrected chi connectivity index (χ3v) is 8.21. The minimum atomic E-state index is -4.28. The van der Waals surface area contributed by atoms with Crippen molar-refractivity contribution in [2.75, 3.05) is 24.5 Å². The van der Waals surface area contributed by atoms with E-state index in [1.807, 2.05) is 6.92 Å². The number of hydrogen-bond acceptors (Lipinski definition) is 5. The van der Waals surface area contributed by atoms with E-state index in [-0.39, 0.29) is 23.0 Å². The third-order valence-electron chi connectivity index (χ3n) is 6.06. The molecule has 0 aliphatic heterocycles. The molecule has 208 valence electrons. The molecule has 0 unspecified atom stereocenters. The maximum absolute atomic E-state index is 13.8. The summed E-state index contributed by atoms with van der Waals surface area (Å²) in [7, 11) is -2.82. The van der Waals surface area contributed by atoms with Crippen molar-refractivity contribution >= 4 is 39.1 Å². The van der Waals surface area contributed by atoms with Gasteiger partial charge >= 0.3 is 0 Å². The Labute approximate surface area is 233 Å². The molecule has 39 heavy (non-hydrogen) atoms. The van der Waals surface area contributed by atoms with Gasteiger partial charge in [0.25, 0.3) is 10.0 Å². The quantitative estimate of drug-likeness (QED) is 0.340. The van der Waals surface area contributed by atoms with Crippen LogP contribution in [0.4, 0.5) is 10.1 Å². The maximum atomic E-state index is 13.8. The molecular formula is C28H31ClFN3O5S. The molecule has 0 saturated heterocycles. The lowest BCUT2D eigenvalue weighted by Gasteiger charge is -2.32. The largest absolute Gasteiger partial charge is 0.497 e. The van der Waals surface area contributed by atoms with Gasteiger partial charge in [-0.3, -0.25) is 13.9 Å². The summed E-state index contributed by atoms with van der Waals surface area (Å²) in [4.78, 5) is 27.9. The first kappa shape index (κ1) is 29.9. The summed E-state index contributed by atoms with van der Waals surface area (Å²) in [5.74, 6) is -1.14.